The predicted molar refractivity (Wildman–Crippen MR) is 68.7 cm³/mol. The Kier molecular flexibility index (Phi) is 4.01. The minimum Gasteiger partial charge on any atom is -0.300 e. The topological polar surface area (TPSA) is 63.2 Å². The smallest absolute Gasteiger partial charge is 0.241 e. The lowest BCUT2D eigenvalue weighted by Crippen LogP contribution is -2.38. The van der Waals surface area contributed by atoms with Crippen LogP contribution in [0.3, 0.4) is 0 Å². The van der Waals surface area contributed by atoms with Gasteiger partial charge in [-0.1, -0.05) is 6.07 Å². The number of halogens is 1. The van der Waals surface area contributed by atoms with Gasteiger partial charge >= 0.3 is 0 Å². The number of sulfonamides is 1. The first-order valence-electron chi connectivity index (χ1n) is 6.19. The van der Waals surface area contributed by atoms with Crippen molar-refractivity contribution >= 4 is 15.8 Å². The Labute approximate surface area is 112 Å². The molecule has 0 amide bonds. The fraction of sp³-hybridized carbons (Fsp3) is 0.462. The van der Waals surface area contributed by atoms with Gasteiger partial charge in [-0.2, -0.15) is 0 Å². The third-order valence-corrected chi connectivity index (χ3v) is 4.97. The summed E-state index contributed by atoms with van der Waals surface area (Å²) in [7, 11) is -3.73. The molecule has 1 N–H and O–H groups in total. The maximum absolute atomic E-state index is 13.2. The van der Waals surface area contributed by atoms with Crippen molar-refractivity contribution in [2.75, 3.05) is 0 Å². The molecule has 1 aliphatic rings. The van der Waals surface area contributed by atoms with E-state index in [1.165, 1.54) is 12.1 Å². The van der Waals surface area contributed by atoms with Crippen LogP contribution in [-0.4, -0.2) is 20.2 Å². The number of hydrogen-bond donors (Lipinski definition) is 1. The Bertz CT molecular complexity index is 588. The molecule has 0 bridgehead atoms. The van der Waals surface area contributed by atoms with Crippen LogP contribution in [0, 0.1) is 12.7 Å². The van der Waals surface area contributed by atoms with Crippen LogP contribution in [0.2, 0.25) is 0 Å². The molecule has 4 nitrogen and oxygen atoms in total. The van der Waals surface area contributed by atoms with E-state index in [2.05, 4.69) is 4.72 Å². The molecule has 0 unspecified atom stereocenters. The minimum absolute atomic E-state index is 0.0376. The maximum atomic E-state index is 13.2. The summed E-state index contributed by atoms with van der Waals surface area (Å²) in [5.41, 5.74) is 0.501. The highest BCUT2D eigenvalue weighted by molar-refractivity contribution is 7.89. The van der Waals surface area contributed by atoms with Crippen molar-refractivity contribution in [3.63, 3.8) is 0 Å². The summed E-state index contributed by atoms with van der Waals surface area (Å²) in [5.74, 6) is -0.415. The van der Waals surface area contributed by atoms with Gasteiger partial charge in [0.25, 0.3) is 0 Å². The van der Waals surface area contributed by atoms with E-state index in [0.29, 0.717) is 31.2 Å². The van der Waals surface area contributed by atoms with Gasteiger partial charge in [0.2, 0.25) is 10.0 Å². The monoisotopic (exact) mass is 285 g/mol. The van der Waals surface area contributed by atoms with E-state index in [1.54, 1.807) is 6.92 Å². The molecule has 104 valence electrons. The zero-order valence-electron chi connectivity index (χ0n) is 10.6. The molecular weight excluding hydrogens is 269 g/mol. The number of benzene rings is 1. The van der Waals surface area contributed by atoms with Crippen LogP contribution < -0.4 is 4.72 Å². The second kappa shape index (κ2) is 5.38. The van der Waals surface area contributed by atoms with Gasteiger partial charge in [0.1, 0.15) is 11.6 Å². The zero-order valence-corrected chi connectivity index (χ0v) is 11.5. The normalized spacial score (nSPS) is 17.7. The lowest BCUT2D eigenvalue weighted by molar-refractivity contribution is -0.120. The SMILES string of the molecule is Cc1ccc(F)cc1S(=O)(=O)NC1CCC(=O)CC1. The van der Waals surface area contributed by atoms with Crippen LogP contribution in [0.15, 0.2) is 23.1 Å². The van der Waals surface area contributed by atoms with Crippen LogP contribution in [0.4, 0.5) is 4.39 Å². The summed E-state index contributed by atoms with van der Waals surface area (Å²) in [6, 6.07) is 3.44. The minimum atomic E-state index is -3.73. The highest BCUT2D eigenvalue weighted by atomic mass is 32.2. The maximum Gasteiger partial charge on any atom is 0.241 e. The number of ketones is 1. The third-order valence-electron chi connectivity index (χ3n) is 3.30. The van der Waals surface area contributed by atoms with Gasteiger partial charge in [-0.25, -0.2) is 17.5 Å². The molecule has 1 aromatic rings. The van der Waals surface area contributed by atoms with E-state index in [0.717, 1.165) is 6.07 Å². The van der Waals surface area contributed by atoms with Crippen LogP contribution >= 0.6 is 0 Å². The standard InChI is InChI=1S/C13H16FNO3S/c1-9-2-3-10(14)8-13(9)19(17,18)15-11-4-6-12(16)7-5-11/h2-3,8,11,15H,4-7H2,1H3. The molecule has 19 heavy (non-hydrogen) atoms. The van der Waals surface area contributed by atoms with E-state index in [1.807, 2.05) is 0 Å². The van der Waals surface area contributed by atoms with Crippen LogP contribution in [0.5, 0.6) is 0 Å². The molecule has 0 aromatic heterocycles. The van der Waals surface area contributed by atoms with Crippen molar-refractivity contribution in [3.8, 4) is 0 Å². The number of aryl methyl sites for hydroxylation is 1. The van der Waals surface area contributed by atoms with Crippen molar-refractivity contribution in [3.05, 3.63) is 29.6 Å². The molecule has 0 atom stereocenters. The molecule has 0 aliphatic heterocycles. The molecule has 6 heteroatoms. The Balaban J connectivity index is 2.18. The second-order valence-electron chi connectivity index (χ2n) is 4.84. The van der Waals surface area contributed by atoms with Crippen molar-refractivity contribution in [2.45, 2.75) is 43.5 Å². The molecule has 2 rings (SSSR count). The van der Waals surface area contributed by atoms with Crippen molar-refractivity contribution < 1.29 is 17.6 Å². The van der Waals surface area contributed by atoms with Crippen LogP contribution in [0.25, 0.3) is 0 Å². The van der Waals surface area contributed by atoms with E-state index in [-0.39, 0.29) is 16.7 Å². The molecule has 1 aromatic carbocycles. The Hall–Kier alpha value is -1.27. The first kappa shape index (κ1) is 14.1. The average Bonchev–Trinajstić information content (AvgIpc) is 2.35. The highest BCUT2D eigenvalue weighted by Gasteiger charge is 2.25. The second-order valence-corrected chi connectivity index (χ2v) is 6.53. The summed E-state index contributed by atoms with van der Waals surface area (Å²) < 4.78 is 40.1. The number of carbonyl (C=O) groups excluding carboxylic acids is 1. The first-order chi connectivity index (χ1) is 8.88. The van der Waals surface area contributed by atoms with E-state index < -0.39 is 15.8 Å². The summed E-state index contributed by atoms with van der Waals surface area (Å²) >= 11 is 0. The van der Waals surface area contributed by atoms with Gasteiger partial charge in [-0.3, -0.25) is 4.79 Å². The number of Topliss-reactive ketones (excluding diaryl/α,β-unsaturated/α-hetero) is 1. The number of carbonyl (C=O) groups is 1. The zero-order chi connectivity index (χ0) is 14.0. The number of rotatable bonds is 3. The molecule has 0 heterocycles. The third kappa shape index (κ3) is 3.39. The van der Waals surface area contributed by atoms with Gasteiger partial charge < -0.3 is 0 Å². The summed E-state index contributed by atoms with van der Waals surface area (Å²) in [5, 5.41) is 0. The van der Waals surface area contributed by atoms with Gasteiger partial charge in [-0.15, -0.1) is 0 Å². The van der Waals surface area contributed by atoms with Gasteiger partial charge in [-0.05, 0) is 37.5 Å². The Morgan fingerprint density at radius 2 is 1.89 bits per heavy atom. The lowest BCUT2D eigenvalue weighted by atomic mass is 9.95. The lowest BCUT2D eigenvalue weighted by Gasteiger charge is -2.22. The average molecular weight is 285 g/mol. The van der Waals surface area contributed by atoms with Gasteiger partial charge in [0.15, 0.2) is 0 Å². The molecule has 1 fully saturated rings. The Morgan fingerprint density at radius 3 is 2.53 bits per heavy atom. The van der Waals surface area contributed by atoms with E-state index in [9.17, 15) is 17.6 Å². The first-order valence-corrected chi connectivity index (χ1v) is 7.67. The quantitative estimate of drug-likeness (QED) is 0.923. The molecule has 0 saturated heterocycles. The summed E-state index contributed by atoms with van der Waals surface area (Å²) in [6.45, 7) is 1.62. The van der Waals surface area contributed by atoms with Crippen LogP contribution in [-0.2, 0) is 14.8 Å². The largest absolute Gasteiger partial charge is 0.300 e. The predicted octanol–water partition coefficient (Wildman–Crippen LogP) is 1.92. The van der Waals surface area contributed by atoms with Crippen molar-refractivity contribution in [2.24, 2.45) is 0 Å². The summed E-state index contributed by atoms with van der Waals surface area (Å²) in [6.07, 6.45) is 1.81. The van der Waals surface area contributed by atoms with E-state index in [4.69, 9.17) is 0 Å². The molecule has 1 saturated carbocycles. The van der Waals surface area contributed by atoms with Crippen molar-refractivity contribution in [1.29, 1.82) is 0 Å². The highest BCUT2D eigenvalue weighted by Crippen LogP contribution is 2.20. The Morgan fingerprint density at radius 1 is 1.26 bits per heavy atom. The fourth-order valence-electron chi connectivity index (χ4n) is 2.20. The molecule has 0 radical (unpaired) electrons. The van der Waals surface area contributed by atoms with Gasteiger partial charge in [0, 0.05) is 18.9 Å². The molecule has 1 aliphatic carbocycles. The van der Waals surface area contributed by atoms with Crippen LogP contribution in [0.1, 0.15) is 31.2 Å². The summed E-state index contributed by atoms with van der Waals surface area (Å²) in [4.78, 5) is 11.1. The molecule has 0 spiro atoms. The number of nitrogens with one attached hydrogen (secondary N) is 1. The number of hydrogen-bond acceptors (Lipinski definition) is 3. The van der Waals surface area contributed by atoms with Gasteiger partial charge in [0.05, 0.1) is 4.90 Å². The fourth-order valence-corrected chi connectivity index (χ4v) is 3.77. The molecular formula is C13H16FNO3S. The van der Waals surface area contributed by atoms with Crippen molar-refractivity contribution in [1.82, 2.24) is 4.72 Å². The van der Waals surface area contributed by atoms with E-state index >= 15 is 0 Å².